The number of amides is 1. The molecule has 0 atom stereocenters. The van der Waals surface area contributed by atoms with E-state index in [0.717, 1.165) is 22.2 Å². The first kappa shape index (κ1) is 22.4. The highest BCUT2D eigenvalue weighted by Gasteiger charge is 2.16. The van der Waals surface area contributed by atoms with Crippen LogP contribution in [0.4, 0.5) is 5.82 Å². The number of carbonyl (C=O) groups is 1. The average Bonchev–Trinajstić information content (AvgIpc) is 2.82. The van der Waals surface area contributed by atoms with Crippen molar-refractivity contribution in [3.8, 4) is 17.0 Å². The summed E-state index contributed by atoms with van der Waals surface area (Å²) in [7, 11) is 0. The molecule has 7 heteroatoms. The van der Waals surface area contributed by atoms with E-state index in [1.165, 1.54) is 0 Å². The van der Waals surface area contributed by atoms with Crippen LogP contribution in [-0.2, 0) is 0 Å². The van der Waals surface area contributed by atoms with Gasteiger partial charge in [-0.25, -0.2) is 9.97 Å². The van der Waals surface area contributed by atoms with E-state index < -0.39 is 0 Å². The van der Waals surface area contributed by atoms with Crippen molar-refractivity contribution in [3.63, 3.8) is 0 Å². The molecule has 0 saturated heterocycles. The summed E-state index contributed by atoms with van der Waals surface area (Å²) in [4.78, 5) is 22.1. The molecule has 0 saturated carbocycles. The van der Waals surface area contributed by atoms with Crippen molar-refractivity contribution in [2.75, 3.05) is 11.9 Å². The van der Waals surface area contributed by atoms with E-state index in [2.05, 4.69) is 29.5 Å². The monoisotopic (exact) mass is 456 g/mol. The molecule has 0 bridgehead atoms. The molecule has 2 aromatic heterocycles. The fourth-order valence-corrected chi connectivity index (χ4v) is 3.47. The summed E-state index contributed by atoms with van der Waals surface area (Å²) in [6.07, 6.45) is 1.65. The zero-order valence-corrected chi connectivity index (χ0v) is 19.2. The lowest BCUT2D eigenvalue weighted by Crippen LogP contribution is -2.34. The molecule has 2 aromatic carbocycles. The van der Waals surface area contributed by atoms with Crippen LogP contribution in [-0.4, -0.2) is 27.6 Å². The summed E-state index contributed by atoms with van der Waals surface area (Å²) in [6.45, 7) is 4.84. The fraction of sp³-hybridized carbons (Fsp3) is 0.154. The smallest absolute Gasteiger partial charge is 0.258 e. The van der Waals surface area contributed by atoms with Crippen molar-refractivity contribution in [2.24, 2.45) is 5.92 Å². The summed E-state index contributed by atoms with van der Waals surface area (Å²) in [6, 6.07) is 22.5. The topological polar surface area (TPSA) is 76.1 Å². The average molecular weight is 457 g/mol. The maximum Gasteiger partial charge on any atom is 0.258 e. The van der Waals surface area contributed by atoms with Crippen LogP contribution in [0.1, 0.15) is 24.2 Å². The predicted molar refractivity (Wildman–Crippen MR) is 135 cm³/mol. The summed E-state index contributed by atoms with van der Waals surface area (Å²) in [5, 5.41) is 6.59. The Balaban J connectivity index is 1.64. The Hall–Kier alpha value is -3.84. The van der Waals surface area contributed by atoms with Gasteiger partial charge in [-0.1, -0.05) is 50.2 Å². The number of aromatic nitrogens is 2. The molecule has 0 radical (unpaired) electrons. The standard InChI is InChI=1S/C26H24N4O2S/c1-17(2)16-32-19-9-7-8-18(14-19)23-15-21(20-10-3-4-11-22(20)28-23)25(31)30-26(33)29-24-12-5-6-13-27-24/h3-15,17H,16H2,1-2H3,(H2,27,29,30,31,33). The van der Waals surface area contributed by atoms with Crippen molar-refractivity contribution in [2.45, 2.75) is 13.8 Å². The van der Waals surface area contributed by atoms with Gasteiger partial charge in [-0.05, 0) is 54.5 Å². The minimum atomic E-state index is -0.324. The number of fused-ring (bicyclic) bond motifs is 1. The lowest BCUT2D eigenvalue weighted by Gasteiger charge is -2.13. The van der Waals surface area contributed by atoms with E-state index in [9.17, 15) is 4.79 Å². The quantitative estimate of drug-likeness (QED) is 0.375. The largest absolute Gasteiger partial charge is 0.493 e. The van der Waals surface area contributed by atoms with Crippen LogP contribution in [0.15, 0.2) is 79.0 Å². The zero-order valence-electron chi connectivity index (χ0n) is 18.4. The number of para-hydroxylation sites is 1. The molecule has 4 aromatic rings. The molecule has 6 nitrogen and oxygen atoms in total. The Kier molecular flexibility index (Phi) is 6.90. The number of ether oxygens (including phenoxy) is 1. The van der Waals surface area contributed by atoms with E-state index in [0.29, 0.717) is 29.6 Å². The number of anilines is 1. The first-order valence-corrected chi connectivity index (χ1v) is 11.1. The normalized spacial score (nSPS) is 10.8. The summed E-state index contributed by atoms with van der Waals surface area (Å²) in [5.74, 6) is 1.42. The molecular weight excluding hydrogens is 432 g/mol. The van der Waals surface area contributed by atoms with Crippen LogP contribution >= 0.6 is 12.2 Å². The predicted octanol–water partition coefficient (Wildman–Crippen LogP) is 5.46. The number of nitrogens with one attached hydrogen (secondary N) is 2. The van der Waals surface area contributed by atoms with Crippen molar-refractivity contribution in [3.05, 3.63) is 84.6 Å². The second-order valence-corrected chi connectivity index (χ2v) is 8.34. The number of hydrogen-bond donors (Lipinski definition) is 2. The number of benzene rings is 2. The Morgan fingerprint density at radius 1 is 1.03 bits per heavy atom. The second-order valence-electron chi connectivity index (χ2n) is 7.93. The minimum absolute atomic E-state index is 0.172. The molecule has 0 spiro atoms. The van der Waals surface area contributed by atoms with E-state index in [1.54, 1.807) is 24.4 Å². The van der Waals surface area contributed by atoms with Gasteiger partial charge in [0, 0.05) is 17.1 Å². The second kappa shape index (κ2) is 10.2. The van der Waals surface area contributed by atoms with Crippen molar-refractivity contribution < 1.29 is 9.53 Å². The summed E-state index contributed by atoms with van der Waals surface area (Å²) in [5.41, 5.74) is 2.74. The molecule has 4 rings (SSSR count). The molecular formula is C26H24N4O2S. The highest BCUT2D eigenvalue weighted by Crippen LogP contribution is 2.27. The fourth-order valence-electron chi connectivity index (χ4n) is 3.27. The minimum Gasteiger partial charge on any atom is -0.493 e. The highest BCUT2D eigenvalue weighted by atomic mass is 32.1. The lowest BCUT2D eigenvalue weighted by molar-refractivity contribution is 0.0979. The SMILES string of the molecule is CC(C)COc1cccc(-c2cc(C(=O)NC(=S)Nc3ccccn3)c3ccccc3n2)c1. The van der Waals surface area contributed by atoms with E-state index in [1.807, 2.05) is 54.6 Å². The lowest BCUT2D eigenvalue weighted by atomic mass is 10.0. The molecule has 166 valence electrons. The molecule has 0 aliphatic heterocycles. The molecule has 0 fully saturated rings. The number of hydrogen-bond acceptors (Lipinski definition) is 5. The van der Waals surface area contributed by atoms with E-state index in [4.69, 9.17) is 21.9 Å². The van der Waals surface area contributed by atoms with Crippen LogP contribution in [0.2, 0.25) is 0 Å². The van der Waals surface area contributed by atoms with Crippen LogP contribution < -0.4 is 15.4 Å². The first-order chi connectivity index (χ1) is 16.0. The highest BCUT2D eigenvalue weighted by molar-refractivity contribution is 7.80. The molecule has 1 amide bonds. The molecule has 0 unspecified atom stereocenters. The molecule has 2 N–H and O–H groups in total. The Morgan fingerprint density at radius 3 is 2.64 bits per heavy atom. The molecule has 2 heterocycles. The summed E-state index contributed by atoms with van der Waals surface area (Å²) < 4.78 is 5.87. The first-order valence-electron chi connectivity index (χ1n) is 10.7. The van der Waals surface area contributed by atoms with Crippen molar-refractivity contribution in [1.29, 1.82) is 0 Å². The van der Waals surface area contributed by atoms with Crippen LogP contribution in [0.3, 0.4) is 0 Å². The third kappa shape index (κ3) is 5.70. The van der Waals surface area contributed by atoms with Gasteiger partial charge in [0.15, 0.2) is 5.11 Å². The van der Waals surface area contributed by atoms with Gasteiger partial charge in [0.1, 0.15) is 11.6 Å². The van der Waals surface area contributed by atoms with E-state index in [-0.39, 0.29) is 11.0 Å². The van der Waals surface area contributed by atoms with Gasteiger partial charge in [0.05, 0.1) is 23.4 Å². The Labute approximate surface area is 198 Å². The van der Waals surface area contributed by atoms with Gasteiger partial charge >= 0.3 is 0 Å². The number of nitrogens with zero attached hydrogens (tertiary/aromatic N) is 2. The Bertz CT molecular complexity index is 1290. The van der Waals surface area contributed by atoms with Crippen molar-refractivity contribution in [1.82, 2.24) is 15.3 Å². The Morgan fingerprint density at radius 2 is 1.85 bits per heavy atom. The van der Waals surface area contributed by atoms with Gasteiger partial charge in [0.2, 0.25) is 0 Å². The molecule has 0 aliphatic rings. The summed E-state index contributed by atoms with van der Waals surface area (Å²) >= 11 is 5.31. The number of carbonyl (C=O) groups excluding carboxylic acids is 1. The maximum absolute atomic E-state index is 13.2. The zero-order chi connectivity index (χ0) is 23.2. The van der Waals surface area contributed by atoms with Crippen LogP contribution in [0.5, 0.6) is 5.75 Å². The number of pyridine rings is 2. The van der Waals surface area contributed by atoms with Gasteiger partial charge in [0.25, 0.3) is 5.91 Å². The van der Waals surface area contributed by atoms with Crippen LogP contribution in [0.25, 0.3) is 22.2 Å². The molecule has 33 heavy (non-hydrogen) atoms. The molecule has 0 aliphatic carbocycles. The third-order valence-electron chi connectivity index (χ3n) is 4.81. The van der Waals surface area contributed by atoms with Crippen molar-refractivity contribution >= 4 is 40.0 Å². The number of rotatable bonds is 6. The van der Waals surface area contributed by atoms with Gasteiger partial charge in [-0.15, -0.1) is 0 Å². The third-order valence-corrected chi connectivity index (χ3v) is 5.01. The van der Waals surface area contributed by atoms with E-state index >= 15 is 0 Å². The maximum atomic E-state index is 13.2. The van der Waals surface area contributed by atoms with Crippen LogP contribution in [0, 0.1) is 5.92 Å². The van der Waals surface area contributed by atoms with Gasteiger partial charge < -0.3 is 10.1 Å². The van der Waals surface area contributed by atoms with Gasteiger partial charge in [-0.2, -0.15) is 0 Å². The van der Waals surface area contributed by atoms with Gasteiger partial charge in [-0.3, -0.25) is 10.1 Å². The number of thiocarbonyl (C=S) groups is 1.